The summed E-state index contributed by atoms with van der Waals surface area (Å²) < 4.78 is 0. The highest BCUT2D eigenvalue weighted by Gasteiger charge is 2.20. The number of hydrogen-bond acceptors (Lipinski definition) is 4. The molecule has 2 N–H and O–H groups in total. The summed E-state index contributed by atoms with van der Waals surface area (Å²) in [7, 11) is 0. The summed E-state index contributed by atoms with van der Waals surface area (Å²) in [6.45, 7) is 3.97. The van der Waals surface area contributed by atoms with Gasteiger partial charge in [0, 0.05) is 63.2 Å². The molecule has 3 rings (SSSR count). The van der Waals surface area contributed by atoms with Crippen LogP contribution in [-0.2, 0) is 9.59 Å². The van der Waals surface area contributed by atoms with Crippen LogP contribution in [0.4, 0.5) is 0 Å². The first-order chi connectivity index (χ1) is 14.5. The van der Waals surface area contributed by atoms with Crippen molar-refractivity contribution >= 4 is 23.6 Å². The lowest BCUT2D eigenvalue weighted by Gasteiger charge is -2.15. The molecule has 8 nitrogen and oxygen atoms in total. The van der Waals surface area contributed by atoms with Crippen LogP contribution in [0.5, 0.6) is 0 Å². The molecule has 2 aliphatic heterocycles. The summed E-state index contributed by atoms with van der Waals surface area (Å²) in [5, 5.41) is 5.70. The third-order valence-corrected chi connectivity index (χ3v) is 5.53. The van der Waals surface area contributed by atoms with Crippen molar-refractivity contribution in [3.8, 4) is 0 Å². The Balaban J connectivity index is 1.33. The Morgan fingerprint density at radius 3 is 1.47 bits per heavy atom. The molecule has 0 atom stereocenters. The lowest BCUT2D eigenvalue weighted by molar-refractivity contribution is -0.128. The molecular formula is C22H30N4O4. The number of amides is 4. The van der Waals surface area contributed by atoms with E-state index < -0.39 is 0 Å². The van der Waals surface area contributed by atoms with Crippen LogP contribution in [0.15, 0.2) is 24.3 Å². The number of benzene rings is 1. The van der Waals surface area contributed by atoms with E-state index in [0.717, 1.165) is 38.8 Å². The van der Waals surface area contributed by atoms with Gasteiger partial charge in [-0.05, 0) is 49.9 Å². The fraction of sp³-hybridized carbons (Fsp3) is 0.545. The van der Waals surface area contributed by atoms with Gasteiger partial charge in [-0.15, -0.1) is 0 Å². The molecule has 0 radical (unpaired) electrons. The summed E-state index contributed by atoms with van der Waals surface area (Å²) in [5.74, 6) is 0.00873. The minimum absolute atomic E-state index is 0.190. The van der Waals surface area contributed by atoms with Gasteiger partial charge in [0.25, 0.3) is 11.8 Å². The molecule has 4 amide bonds. The monoisotopic (exact) mass is 414 g/mol. The number of likely N-dealkylation sites (tertiary alicyclic amines) is 2. The fourth-order valence-corrected chi connectivity index (χ4v) is 3.80. The average molecular weight is 415 g/mol. The maximum absolute atomic E-state index is 12.2. The van der Waals surface area contributed by atoms with Crippen molar-refractivity contribution in [1.29, 1.82) is 0 Å². The number of nitrogens with zero attached hydrogens (tertiary/aromatic N) is 2. The van der Waals surface area contributed by atoms with Gasteiger partial charge in [-0.2, -0.15) is 0 Å². The molecule has 8 heteroatoms. The molecule has 0 unspecified atom stereocenters. The van der Waals surface area contributed by atoms with E-state index in [4.69, 9.17) is 0 Å². The van der Waals surface area contributed by atoms with Crippen molar-refractivity contribution in [3.63, 3.8) is 0 Å². The van der Waals surface area contributed by atoms with Crippen molar-refractivity contribution in [2.45, 2.75) is 38.5 Å². The quantitative estimate of drug-likeness (QED) is 0.562. The van der Waals surface area contributed by atoms with E-state index in [1.54, 1.807) is 24.3 Å². The van der Waals surface area contributed by atoms with E-state index >= 15 is 0 Å². The molecule has 2 saturated heterocycles. The van der Waals surface area contributed by atoms with Gasteiger partial charge in [0.2, 0.25) is 11.8 Å². The summed E-state index contributed by atoms with van der Waals surface area (Å²) in [4.78, 5) is 51.2. The maximum Gasteiger partial charge on any atom is 0.251 e. The highest BCUT2D eigenvalue weighted by atomic mass is 16.2. The third-order valence-electron chi connectivity index (χ3n) is 5.53. The fourth-order valence-electron chi connectivity index (χ4n) is 3.80. The second-order valence-corrected chi connectivity index (χ2v) is 7.76. The Kier molecular flexibility index (Phi) is 7.82. The Morgan fingerprint density at radius 1 is 0.733 bits per heavy atom. The van der Waals surface area contributed by atoms with E-state index in [1.165, 1.54) is 0 Å². The zero-order valence-electron chi connectivity index (χ0n) is 17.3. The molecule has 2 aliphatic rings. The van der Waals surface area contributed by atoms with Gasteiger partial charge in [0.1, 0.15) is 0 Å². The second kappa shape index (κ2) is 10.8. The zero-order chi connectivity index (χ0) is 21.3. The van der Waals surface area contributed by atoms with E-state index in [2.05, 4.69) is 10.6 Å². The van der Waals surface area contributed by atoms with E-state index in [9.17, 15) is 19.2 Å². The second-order valence-electron chi connectivity index (χ2n) is 7.76. The molecule has 0 aromatic heterocycles. The highest BCUT2D eigenvalue weighted by molar-refractivity contribution is 5.97. The molecule has 2 heterocycles. The zero-order valence-corrected chi connectivity index (χ0v) is 17.3. The average Bonchev–Trinajstić information content (AvgIpc) is 3.36. The van der Waals surface area contributed by atoms with Gasteiger partial charge in [-0.1, -0.05) is 0 Å². The number of rotatable bonds is 10. The van der Waals surface area contributed by atoms with Gasteiger partial charge in [-0.3, -0.25) is 19.2 Å². The first kappa shape index (κ1) is 21.8. The summed E-state index contributed by atoms with van der Waals surface area (Å²) >= 11 is 0. The SMILES string of the molecule is O=C(NCCCN1CCCC1=O)c1ccc(C(=O)NCCCN2CCCC2=O)cc1. The van der Waals surface area contributed by atoms with Crippen LogP contribution in [0.3, 0.4) is 0 Å². The van der Waals surface area contributed by atoms with Crippen LogP contribution < -0.4 is 10.6 Å². The Morgan fingerprint density at radius 2 is 1.13 bits per heavy atom. The predicted molar refractivity (Wildman–Crippen MR) is 112 cm³/mol. The summed E-state index contributed by atoms with van der Waals surface area (Å²) in [6, 6.07) is 6.54. The van der Waals surface area contributed by atoms with Crippen molar-refractivity contribution in [2.24, 2.45) is 0 Å². The van der Waals surface area contributed by atoms with Gasteiger partial charge in [0.05, 0.1) is 0 Å². The number of hydrogen-bond donors (Lipinski definition) is 2. The predicted octanol–water partition coefficient (Wildman–Crippen LogP) is 1.17. The molecule has 0 spiro atoms. The van der Waals surface area contributed by atoms with Gasteiger partial charge in [0.15, 0.2) is 0 Å². The Labute approximate surface area is 177 Å². The van der Waals surface area contributed by atoms with E-state index in [-0.39, 0.29) is 23.6 Å². The third kappa shape index (κ3) is 6.05. The largest absolute Gasteiger partial charge is 0.352 e. The molecule has 162 valence electrons. The van der Waals surface area contributed by atoms with Crippen LogP contribution in [0.25, 0.3) is 0 Å². The van der Waals surface area contributed by atoms with Crippen LogP contribution in [0.2, 0.25) is 0 Å². The van der Waals surface area contributed by atoms with Crippen LogP contribution in [0, 0.1) is 0 Å². The van der Waals surface area contributed by atoms with Gasteiger partial charge >= 0.3 is 0 Å². The normalized spacial score (nSPS) is 16.3. The molecule has 0 bridgehead atoms. The van der Waals surface area contributed by atoms with Crippen LogP contribution >= 0.6 is 0 Å². The minimum Gasteiger partial charge on any atom is -0.352 e. The van der Waals surface area contributed by atoms with E-state index in [1.807, 2.05) is 9.80 Å². The number of carbonyl (C=O) groups is 4. The first-order valence-electron chi connectivity index (χ1n) is 10.8. The summed E-state index contributed by atoms with van der Waals surface area (Å²) in [6.07, 6.45) is 4.54. The van der Waals surface area contributed by atoms with Crippen molar-refractivity contribution in [1.82, 2.24) is 20.4 Å². The first-order valence-corrected chi connectivity index (χ1v) is 10.8. The molecule has 0 saturated carbocycles. The summed E-state index contributed by atoms with van der Waals surface area (Å²) in [5.41, 5.74) is 0.993. The van der Waals surface area contributed by atoms with Crippen molar-refractivity contribution in [3.05, 3.63) is 35.4 Å². The van der Waals surface area contributed by atoms with Crippen molar-refractivity contribution < 1.29 is 19.2 Å². The van der Waals surface area contributed by atoms with Crippen LogP contribution in [-0.4, -0.2) is 72.7 Å². The van der Waals surface area contributed by atoms with Crippen molar-refractivity contribution in [2.75, 3.05) is 39.3 Å². The topological polar surface area (TPSA) is 98.8 Å². The molecule has 0 aliphatic carbocycles. The molecular weight excluding hydrogens is 384 g/mol. The lowest BCUT2D eigenvalue weighted by Crippen LogP contribution is -2.31. The molecule has 2 fully saturated rings. The standard InChI is InChI=1S/C22H30N4O4/c27-19-5-1-13-25(19)15-3-11-23-21(29)17-7-9-18(10-8-17)22(30)24-12-4-16-26-14-2-6-20(26)28/h7-10H,1-6,11-16H2,(H,23,29)(H,24,30). The van der Waals surface area contributed by atoms with Crippen LogP contribution in [0.1, 0.15) is 59.2 Å². The Bertz CT molecular complexity index is 713. The number of carbonyl (C=O) groups excluding carboxylic acids is 4. The van der Waals surface area contributed by atoms with E-state index in [0.29, 0.717) is 50.1 Å². The maximum atomic E-state index is 12.2. The minimum atomic E-state index is -0.190. The lowest BCUT2D eigenvalue weighted by atomic mass is 10.1. The molecule has 30 heavy (non-hydrogen) atoms. The molecule has 1 aromatic carbocycles. The highest BCUT2D eigenvalue weighted by Crippen LogP contribution is 2.10. The molecule has 1 aromatic rings. The Hall–Kier alpha value is -2.90. The van der Waals surface area contributed by atoms with Gasteiger partial charge < -0.3 is 20.4 Å². The van der Waals surface area contributed by atoms with Gasteiger partial charge in [-0.25, -0.2) is 0 Å². The smallest absolute Gasteiger partial charge is 0.251 e. The number of nitrogens with one attached hydrogen (secondary N) is 2.